The fourth-order valence-electron chi connectivity index (χ4n) is 2.31. The van der Waals surface area contributed by atoms with Crippen molar-refractivity contribution in [3.05, 3.63) is 77.4 Å². The summed E-state index contributed by atoms with van der Waals surface area (Å²) < 4.78 is 30.3. The van der Waals surface area contributed by atoms with Crippen LogP contribution in [-0.2, 0) is 9.84 Å². The normalized spacial score (nSPS) is 11.0. The van der Waals surface area contributed by atoms with Crippen molar-refractivity contribution in [2.45, 2.75) is 9.92 Å². The predicted octanol–water partition coefficient (Wildman–Crippen LogP) is 3.83. The number of amides is 1. The Hall–Kier alpha value is -2.90. The molecule has 1 amide bonds. The number of nitrogens with one attached hydrogen (secondary N) is 1. The second-order valence-electron chi connectivity index (χ2n) is 5.50. The topological polar surface area (TPSA) is 85.4 Å². The number of rotatable bonds is 5. The lowest BCUT2D eigenvalue weighted by Gasteiger charge is -2.08. The Balaban J connectivity index is 1.81. The Bertz CT molecular complexity index is 1070. The number of ether oxygens (including phenoxy) is 1. The lowest BCUT2D eigenvalue weighted by atomic mass is 10.2. The number of para-hydroxylation sites is 1. The third-order valence-corrected chi connectivity index (χ3v) is 5.78. The van der Waals surface area contributed by atoms with Crippen LogP contribution in [0.2, 0.25) is 5.02 Å². The largest absolute Gasteiger partial charge is 0.497 e. The molecule has 0 atom stereocenters. The highest BCUT2D eigenvalue weighted by Crippen LogP contribution is 2.23. The van der Waals surface area contributed by atoms with Crippen molar-refractivity contribution in [3.63, 3.8) is 0 Å². The first-order valence-corrected chi connectivity index (χ1v) is 9.69. The van der Waals surface area contributed by atoms with E-state index in [-0.39, 0.29) is 15.5 Å². The van der Waals surface area contributed by atoms with Gasteiger partial charge in [-0.15, -0.1) is 0 Å². The SMILES string of the molecule is COc1ccc(S(=O)(=O)c2ccc(C(=O)Nc3ccccc3Cl)cn2)cc1. The highest BCUT2D eigenvalue weighted by atomic mass is 35.5. The highest BCUT2D eigenvalue weighted by Gasteiger charge is 2.20. The average Bonchev–Trinajstić information content (AvgIpc) is 2.70. The molecule has 0 aliphatic heterocycles. The molecule has 1 heterocycles. The third-order valence-electron chi connectivity index (χ3n) is 3.77. The second-order valence-corrected chi connectivity index (χ2v) is 7.80. The van der Waals surface area contributed by atoms with E-state index in [0.29, 0.717) is 16.5 Å². The van der Waals surface area contributed by atoms with Gasteiger partial charge in [-0.25, -0.2) is 13.4 Å². The molecule has 1 N–H and O–H groups in total. The van der Waals surface area contributed by atoms with Crippen molar-refractivity contribution in [1.82, 2.24) is 4.98 Å². The number of carbonyl (C=O) groups excluding carboxylic acids is 1. The molecule has 6 nitrogen and oxygen atoms in total. The maximum absolute atomic E-state index is 12.6. The lowest BCUT2D eigenvalue weighted by molar-refractivity contribution is 0.102. The van der Waals surface area contributed by atoms with E-state index in [9.17, 15) is 13.2 Å². The standard InChI is InChI=1S/C19H15ClN2O4S/c1-26-14-7-9-15(10-8-14)27(24,25)18-11-6-13(12-21-18)19(23)22-17-5-3-2-4-16(17)20/h2-12H,1H3,(H,22,23). The van der Waals surface area contributed by atoms with Crippen molar-refractivity contribution in [2.75, 3.05) is 12.4 Å². The van der Waals surface area contributed by atoms with Gasteiger partial charge in [-0.05, 0) is 48.5 Å². The number of benzene rings is 2. The van der Waals surface area contributed by atoms with Crippen LogP contribution in [-0.4, -0.2) is 26.4 Å². The van der Waals surface area contributed by atoms with Crippen LogP contribution in [0.3, 0.4) is 0 Å². The monoisotopic (exact) mass is 402 g/mol. The van der Waals surface area contributed by atoms with Crippen LogP contribution in [0.15, 0.2) is 76.8 Å². The van der Waals surface area contributed by atoms with Gasteiger partial charge in [-0.1, -0.05) is 23.7 Å². The minimum absolute atomic E-state index is 0.0871. The fraction of sp³-hybridized carbons (Fsp3) is 0.0526. The van der Waals surface area contributed by atoms with Crippen LogP contribution in [0, 0.1) is 0 Å². The van der Waals surface area contributed by atoms with Gasteiger partial charge in [0.05, 0.1) is 28.3 Å². The number of sulfone groups is 1. The van der Waals surface area contributed by atoms with Crippen molar-refractivity contribution in [2.24, 2.45) is 0 Å². The molecule has 0 unspecified atom stereocenters. The van der Waals surface area contributed by atoms with Gasteiger partial charge in [-0.3, -0.25) is 4.79 Å². The molecule has 3 rings (SSSR count). The van der Waals surface area contributed by atoms with Gasteiger partial charge < -0.3 is 10.1 Å². The quantitative estimate of drug-likeness (QED) is 0.701. The second kappa shape index (κ2) is 7.77. The van der Waals surface area contributed by atoms with Crippen molar-refractivity contribution in [3.8, 4) is 5.75 Å². The molecule has 0 aliphatic carbocycles. The summed E-state index contributed by atoms with van der Waals surface area (Å²) in [6.07, 6.45) is 1.21. The van der Waals surface area contributed by atoms with E-state index in [1.165, 1.54) is 37.6 Å². The molecule has 0 saturated carbocycles. The summed E-state index contributed by atoms with van der Waals surface area (Å²) in [5, 5.41) is 2.90. The summed E-state index contributed by atoms with van der Waals surface area (Å²) in [5.74, 6) is 0.109. The molecule has 138 valence electrons. The van der Waals surface area contributed by atoms with Crippen LogP contribution < -0.4 is 10.1 Å². The number of hydrogen-bond acceptors (Lipinski definition) is 5. The van der Waals surface area contributed by atoms with E-state index >= 15 is 0 Å². The maximum Gasteiger partial charge on any atom is 0.257 e. The minimum Gasteiger partial charge on any atom is -0.497 e. The first-order valence-electron chi connectivity index (χ1n) is 7.83. The first-order chi connectivity index (χ1) is 12.9. The molecule has 0 aliphatic rings. The molecular formula is C19H15ClN2O4S. The summed E-state index contributed by atoms with van der Waals surface area (Å²) in [6, 6.07) is 15.5. The summed E-state index contributed by atoms with van der Waals surface area (Å²) in [5.41, 5.74) is 0.669. The van der Waals surface area contributed by atoms with Crippen LogP contribution in [0.4, 0.5) is 5.69 Å². The number of methoxy groups -OCH3 is 1. The molecule has 3 aromatic rings. The maximum atomic E-state index is 12.6. The Morgan fingerprint density at radius 1 is 1.04 bits per heavy atom. The number of carbonyl (C=O) groups is 1. The summed E-state index contributed by atoms with van der Waals surface area (Å²) in [6.45, 7) is 0. The Morgan fingerprint density at radius 3 is 2.33 bits per heavy atom. The molecule has 0 saturated heterocycles. The van der Waals surface area contributed by atoms with Crippen LogP contribution >= 0.6 is 11.6 Å². The smallest absolute Gasteiger partial charge is 0.257 e. The zero-order chi connectivity index (χ0) is 19.4. The molecular weight excluding hydrogens is 388 g/mol. The third kappa shape index (κ3) is 4.10. The highest BCUT2D eigenvalue weighted by molar-refractivity contribution is 7.91. The van der Waals surface area contributed by atoms with Gasteiger partial charge in [-0.2, -0.15) is 0 Å². The molecule has 8 heteroatoms. The Kier molecular flexibility index (Phi) is 5.43. The Labute approximate surface area is 161 Å². The van der Waals surface area contributed by atoms with Gasteiger partial charge in [0.25, 0.3) is 5.91 Å². The van der Waals surface area contributed by atoms with Crippen LogP contribution in [0.5, 0.6) is 5.75 Å². The fourth-order valence-corrected chi connectivity index (χ4v) is 3.66. The number of anilines is 1. The van der Waals surface area contributed by atoms with E-state index in [0.717, 1.165) is 0 Å². The summed E-state index contributed by atoms with van der Waals surface area (Å²) in [4.78, 5) is 16.3. The van der Waals surface area contributed by atoms with E-state index in [2.05, 4.69) is 10.3 Å². The van der Waals surface area contributed by atoms with Gasteiger partial charge in [0.1, 0.15) is 5.75 Å². The summed E-state index contributed by atoms with van der Waals surface area (Å²) >= 11 is 6.01. The molecule has 0 radical (unpaired) electrons. The van der Waals surface area contributed by atoms with Gasteiger partial charge >= 0.3 is 0 Å². The molecule has 27 heavy (non-hydrogen) atoms. The first kappa shape index (κ1) is 18.9. The number of pyridine rings is 1. The molecule has 0 spiro atoms. The molecule has 1 aromatic heterocycles. The van der Waals surface area contributed by atoms with E-state index in [4.69, 9.17) is 16.3 Å². The van der Waals surface area contributed by atoms with Gasteiger partial charge in [0.15, 0.2) is 5.03 Å². The molecule has 0 bridgehead atoms. The van der Waals surface area contributed by atoms with Crippen molar-refractivity contribution >= 4 is 33.0 Å². The van der Waals surface area contributed by atoms with E-state index < -0.39 is 15.7 Å². The summed E-state index contributed by atoms with van der Waals surface area (Å²) in [7, 11) is -2.29. The number of halogens is 1. The average molecular weight is 403 g/mol. The number of hydrogen-bond donors (Lipinski definition) is 1. The van der Waals surface area contributed by atoms with E-state index in [1.807, 2.05) is 0 Å². The lowest BCUT2D eigenvalue weighted by Crippen LogP contribution is -2.13. The van der Waals surface area contributed by atoms with Gasteiger partial charge in [0, 0.05) is 6.20 Å². The number of nitrogens with zero attached hydrogens (tertiary/aromatic N) is 1. The van der Waals surface area contributed by atoms with Crippen molar-refractivity contribution < 1.29 is 17.9 Å². The van der Waals surface area contributed by atoms with Crippen LogP contribution in [0.25, 0.3) is 0 Å². The van der Waals surface area contributed by atoms with E-state index in [1.54, 1.807) is 36.4 Å². The number of aromatic nitrogens is 1. The predicted molar refractivity (Wildman–Crippen MR) is 102 cm³/mol. The zero-order valence-electron chi connectivity index (χ0n) is 14.2. The molecule has 0 fully saturated rings. The van der Waals surface area contributed by atoms with Crippen molar-refractivity contribution in [1.29, 1.82) is 0 Å². The van der Waals surface area contributed by atoms with Gasteiger partial charge in [0.2, 0.25) is 9.84 Å². The Morgan fingerprint density at radius 2 is 1.74 bits per heavy atom. The minimum atomic E-state index is -3.79. The zero-order valence-corrected chi connectivity index (χ0v) is 15.8. The van der Waals surface area contributed by atoms with Crippen LogP contribution in [0.1, 0.15) is 10.4 Å². The molecule has 2 aromatic carbocycles.